The van der Waals surface area contributed by atoms with E-state index in [4.69, 9.17) is 11.6 Å². The maximum atomic E-state index is 12.4. The molecule has 1 aromatic carbocycles. The highest BCUT2D eigenvalue weighted by Crippen LogP contribution is 2.31. The molecular weight excluding hydrogens is 239 g/mol. The summed E-state index contributed by atoms with van der Waals surface area (Å²) in [4.78, 5) is 0. The van der Waals surface area contributed by atoms with Gasteiger partial charge in [-0.2, -0.15) is 13.2 Å². The first-order valence-electron chi connectivity index (χ1n) is 4.48. The monoisotopic (exact) mass is 245 g/mol. The maximum absolute atomic E-state index is 12.4. The zero-order valence-corrected chi connectivity index (χ0v) is 8.76. The molecule has 0 amide bonds. The van der Waals surface area contributed by atoms with Gasteiger partial charge >= 0.3 is 6.18 Å². The second kappa shape index (κ2) is 3.87. The van der Waals surface area contributed by atoms with Crippen molar-refractivity contribution < 1.29 is 13.2 Å². The van der Waals surface area contributed by atoms with Gasteiger partial charge in [0.05, 0.1) is 16.3 Å². The summed E-state index contributed by atoms with van der Waals surface area (Å²) in [5.74, 6) is 0. The fourth-order valence-electron chi connectivity index (χ4n) is 1.38. The Morgan fingerprint density at radius 2 is 1.75 bits per heavy atom. The molecule has 1 aromatic heterocycles. The summed E-state index contributed by atoms with van der Waals surface area (Å²) >= 11 is 5.88. The summed E-state index contributed by atoms with van der Waals surface area (Å²) in [6, 6.07) is 7.74. The largest absolute Gasteiger partial charge is 0.417 e. The smallest absolute Gasteiger partial charge is 0.322 e. The molecule has 0 aliphatic carbocycles. The van der Waals surface area contributed by atoms with Gasteiger partial charge < -0.3 is 4.57 Å². The third-order valence-corrected chi connectivity index (χ3v) is 2.47. The van der Waals surface area contributed by atoms with E-state index in [-0.39, 0.29) is 0 Å². The second-order valence-electron chi connectivity index (χ2n) is 3.26. The van der Waals surface area contributed by atoms with Gasteiger partial charge in [0.1, 0.15) is 0 Å². The Kier molecular flexibility index (Phi) is 2.68. The molecule has 1 nitrogen and oxygen atoms in total. The van der Waals surface area contributed by atoms with Crippen molar-refractivity contribution in [2.75, 3.05) is 0 Å². The number of para-hydroxylation sites is 1. The lowest BCUT2D eigenvalue weighted by Gasteiger charge is -2.05. The molecule has 84 valence electrons. The Morgan fingerprint density at radius 3 is 2.31 bits per heavy atom. The van der Waals surface area contributed by atoms with E-state index < -0.39 is 11.7 Å². The van der Waals surface area contributed by atoms with E-state index >= 15 is 0 Å². The average molecular weight is 246 g/mol. The topological polar surface area (TPSA) is 4.93 Å². The second-order valence-corrected chi connectivity index (χ2v) is 3.66. The Labute approximate surface area is 95.1 Å². The van der Waals surface area contributed by atoms with E-state index in [0.717, 1.165) is 12.3 Å². The van der Waals surface area contributed by atoms with Crippen LogP contribution in [-0.2, 0) is 6.18 Å². The highest BCUT2D eigenvalue weighted by Gasteiger charge is 2.31. The van der Waals surface area contributed by atoms with E-state index in [1.54, 1.807) is 24.3 Å². The third-order valence-electron chi connectivity index (χ3n) is 2.15. The number of hydrogen-bond donors (Lipinski definition) is 0. The molecule has 0 aliphatic rings. The summed E-state index contributed by atoms with van der Waals surface area (Å²) < 4.78 is 38.5. The Morgan fingerprint density at radius 1 is 1.06 bits per heavy atom. The molecule has 0 unspecified atom stereocenters. The van der Waals surface area contributed by atoms with Crippen molar-refractivity contribution in [3.05, 3.63) is 53.3 Å². The number of hydrogen-bond acceptors (Lipinski definition) is 0. The van der Waals surface area contributed by atoms with Gasteiger partial charge in [-0.25, -0.2) is 0 Å². The normalized spacial score (nSPS) is 11.8. The molecular formula is C11H7ClF3N. The fourth-order valence-corrected chi connectivity index (χ4v) is 1.61. The summed E-state index contributed by atoms with van der Waals surface area (Å²) in [5, 5.41) is 0.409. The molecule has 0 saturated heterocycles. The lowest BCUT2D eigenvalue weighted by molar-refractivity contribution is -0.137. The van der Waals surface area contributed by atoms with Crippen LogP contribution in [0.3, 0.4) is 0 Å². The van der Waals surface area contributed by atoms with Crippen molar-refractivity contribution >= 4 is 11.6 Å². The van der Waals surface area contributed by atoms with Crippen molar-refractivity contribution in [3.8, 4) is 5.69 Å². The van der Waals surface area contributed by atoms with E-state index in [1.807, 2.05) is 0 Å². The minimum absolute atomic E-state index is 0.409. The number of halogens is 4. The number of aromatic nitrogens is 1. The molecule has 0 spiro atoms. The Hall–Kier alpha value is -1.42. The predicted octanol–water partition coefficient (Wildman–Crippen LogP) is 4.15. The van der Waals surface area contributed by atoms with Gasteiger partial charge in [-0.05, 0) is 18.2 Å². The molecule has 0 saturated carbocycles. The quantitative estimate of drug-likeness (QED) is 0.711. The van der Waals surface area contributed by atoms with Crippen LogP contribution in [0.2, 0.25) is 5.02 Å². The standard InChI is InChI=1S/C11H7ClF3N/c12-9-3-1-2-4-10(9)16-6-5-8(7-16)11(13,14)15/h1-7H. The first-order valence-corrected chi connectivity index (χ1v) is 4.86. The summed E-state index contributed by atoms with van der Waals surface area (Å²) in [6.45, 7) is 0. The van der Waals surface area contributed by atoms with Gasteiger partial charge in [0.2, 0.25) is 0 Å². The lowest BCUT2D eigenvalue weighted by atomic mass is 10.3. The summed E-state index contributed by atoms with van der Waals surface area (Å²) in [6.07, 6.45) is -1.97. The van der Waals surface area contributed by atoms with Crippen LogP contribution < -0.4 is 0 Å². The highest BCUT2D eigenvalue weighted by molar-refractivity contribution is 6.32. The van der Waals surface area contributed by atoms with Crippen LogP contribution in [-0.4, -0.2) is 4.57 Å². The summed E-state index contributed by atoms with van der Waals surface area (Å²) in [5.41, 5.74) is -0.160. The van der Waals surface area contributed by atoms with Crippen molar-refractivity contribution in [3.63, 3.8) is 0 Å². The van der Waals surface area contributed by atoms with E-state index in [1.165, 1.54) is 10.8 Å². The maximum Gasteiger partial charge on any atom is 0.417 e. The van der Waals surface area contributed by atoms with Gasteiger partial charge in [-0.3, -0.25) is 0 Å². The molecule has 0 fully saturated rings. The molecule has 1 heterocycles. The SMILES string of the molecule is FC(F)(F)c1ccn(-c2ccccc2Cl)c1. The molecule has 16 heavy (non-hydrogen) atoms. The first-order chi connectivity index (χ1) is 7.48. The molecule has 0 atom stereocenters. The van der Waals surface area contributed by atoms with Crippen LogP contribution >= 0.6 is 11.6 Å². The van der Waals surface area contributed by atoms with Crippen LogP contribution in [0.25, 0.3) is 5.69 Å². The molecule has 0 bridgehead atoms. The number of rotatable bonds is 1. The van der Waals surface area contributed by atoms with Crippen LogP contribution in [0.1, 0.15) is 5.56 Å². The first kappa shape index (κ1) is 11.1. The van der Waals surface area contributed by atoms with Gasteiger partial charge in [-0.15, -0.1) is 0 Å². The third kappa shape index (κ3) is 2.07. The molecule has 5 heteroatoms. The van der Waals surface area contributed by atoms with E-state index in [2.05, 4.69) is 0 Å². The van der Waals surface area contributed by atoms with Gasteiger partial charge in [-0.1, -0.05) is 23.7 Å². The van der Waals surface area contributed by atoms with Crippen molar-refractivity contribution in [1.82, 2.24) is 4.57 Å². The molecule has 2 rings (SSSR count). The van der Waals surface area contributed by atoms with Gasteiger partial charge in [0.15, 0.2) is 0 Å². The van der Waals surface area contributed by atoms with E-state index in [0.29, 0.717) is 10.7 Å². The van der Waals surface area contributed by atoms with Gasteiger partial charge in [0, 0.05) is 12.4 Å². The number of nitrogens with zero attached hydrogens (tertiary/aromatic N) is 1. The van der Waals surface area contributed by atoms with Crippen LogP contribution in [0.4, 0.5) is 13.2 Å². The fraction of sp³-hybridized carbons (Fsp3) is 0.0909. The van der Waals surface area contributed by atoms with Crippen molar-refractivity contribution in [2.45, 2.75) is 6.18 Å². The number of benzene rings is 1. The predicted molar refractivity (Wildman–Crippen MR) is 55.8 cm³/mol. The molecule has 0 N–H and O–H groups in total. The summed E-state index contributed by atoms with van der Waals surface area (Å²) in [7, 11) is 0. The van der Waals surface area contributed by atoms with Crippen LogP contribution in [0.15, 0.2) is 42.7 Å². The Bertz CT molecular complexity index is 502. The lowest BCUT2D eigenvalue weighted by Crippen LogP contribution is -2.03. The minimum atomic E-state index is -4.33. The Balaban J connectivity index is 2.44. The van der Waals surface area contributed by atoms with Crippen LogP contribution in [0, 0.1) is 0 Å². The highest BCUT2D eigenvalue weighted by atomic mass is 35.5. The van der Waals surface area contributed by atoms with Gasteiger partial charge in [0.25, 0.3) is 0 Å². The molecule has 0 radical (unpaired) electrons. The number of alkyl halides is 3. The van der Waals surface area contributed by atoms with Crippen LogP contribution in [0.5, 0.6) is 0 Å². The average Bonchev–Trinajstić information content (AvgIpc) is 2.66. The zero-order chi connectivity index (χ0) is 11.8. The van der Waals surface area contributed by atoms with E-state index in [9.17, 15) is 13.2 Å². The minimum Gasteiger partial charge on any atom is -0.322 e. The molecule has 0 aliphatic heterocycles. The molecule has 2 aromatic rings. The zero-order valence-electron chi connectivity index (χ0n) is 8.00. The van der Waals surface area contributed by atoms with Crippen molar-refractivity contribution in [1.29, 1.82) is 0 Å². The van der Waals surface area contributed by atoms with Crippen molar-refractivity contribution in [2.24, 2.45) is 0 Å².